The molecule has 3 aromatic carbocycles. The summed E-state index contributed by atoms with van der Waals surface area (Å²) in [5.41, 5.74) is 1.76. The van der Waals surface area contributed by atoms with Crippen molar-refractivity contribution in [3.8, 4) is 16.3 Å². The van der Waals surface area contributed by atoms with Gasteiger partial charge in [-0.15, -0.1) is 11.3 Å². The number of amides is 2. The molecule has 4 rings (SSSR count). The van der Waals surface area contributed by atoms with Gasteiger partial charge in [-0.1, -0.05) is 12.1 Å². The molecule has 4 aromatic rings. The number of rotatable bonds is 4. The van der Waals surface area contributed by atoms with Crippen LogP contribution in [-0.2, 0) is 0 Å². The van der Waals surface area contributed by atoms with Crippen molar-refractivity contribution in [1.29, 1.82) is 0 Å². The van der Waals surface area contributed by atoms with Crippen molar-refractivity contribution < 1.29 is 19.6 Å². The molecule has 1 heterocycles. The van der Waals surface area contributed by atoms with Crippen LogP contribution in [0.1, 0.15) is 10.4 Å². The van der Waals surface area contributed by atoms with Crippen molar-refractivity contribution in [2.24, 2.45) is 0 Å². The van der Waals surface area contributed by atoms with Gasteiger partial charge in [-0.3, -0.25) is 19.6 Å². The van der Waals surface area contributed by atoms with Gasteiger partial charge in [-0.25, -0.2) is 9.78 Å². The van der Waals surface area contributed by atoms with Crippen molar-refractivity contribution in [2.45, 2.75) is 0 Å². The third-order valence-electron chi connectivity index (χ3n) is 4.33. The number of fused-ring (bicyclic) bond motifs is 1. The van der Waals surface area contributed by atoms with E-state index < -0.39 is 16.1 Å². The molecule has 0 fully saturated rings. The predicted molar refractivity (Wildman–Crippen MR) is 124 cm³/mol. The highest BCUT2D eigenvalue weighted by atomic mass is 32.2. The number of phenols is 1. The Bertz CT molecular complexity index is 1300. The first-order valence-electron chi connectivity index (χ1n) is 9.12. The molecule has 3 N–H and O–H groups in total. The second kappa shape index (κ2) is 9.04. The van der Waals surface area contributed by atoms with Gasteiger partial charge in [0.2, 0.25) is 5.12 Å². The largest absolute Gasteiger partial charge is 0.507 e. The van der Waals surface area contributed by atoms with Crippen LogP contribution in [0.5, 0.6) is 5.75 Å². The van der Waals surface area contributed by atoms with Crippen LogP contribution < -0.4 is 10.0 Å². The Balaban J connectivity index is 1.41. The third-order valence-corrected chi connectivity index (χ3v) is 6.11. The van der Waals surface area contributed by atoms with Crippen LogP contribution in [-0.4, -0.2) is 26.2 Å². The number of nitro benzene ring substituents is 1. The minimum Gasteiger partial charge on any atom is -0.507 e. The van der Waals surface area contributed by atoms with Crippen molar-refractivity contribution >= 4 is 56.0 Å². The van der Waals surface area contributed by atoms with E-state index in [9.17, 15) is 24.8 Å². The highest BCUT2D eigenvalue weighted by Gasteiger charge is 2.14. The van der Waals surface area contributed by atoms with E-state index in [-0.39, 0.29) is 17.0 Å². The molecular weight excluding hydrogens is 452 g/mol. The van der Waals surface area contributed by atoms with Crippen molar-refractivity contribution in [1.82, 2.24) is 9.71 Å². The zero-order chi connectivity index (χ0) is 22.7. The fourth-order valence-electron chi connectivity index (χ4n) is 2.80. The average Bonchev–Trinajstić information content (AvgIpc) is 3.23. The molecule has 160 valence electrons. The molecule has 0 unspecified atom stereocenters. The molecule has 11 heteroatoms. The first-order valence-corrected chi connectivity index (χ1v) is 10.8. The molecule has 32 heavy (non-hydrogen) atoms. The summed E-state index contributed by atoms with van der Waals surface area (Å²) in [7, 11) is 0. The lowest BCUT2D eigenvalue weighted by Gasteiger charge is -2.08. The number of non-ortho nitro benzene ring substituents is 1. The van der Waals surface area contributed by atoms with Crippen LogP contribution in [0.15, 0.2) is 66.7 Å². The topological polar surface area (TPSA) is 134 Å². The van der Waals surface area contributed by atoms with E-state index in [0.29, 0.717) is 28.2 Å². The Labute approximate surface area is 189 Å². The maximum absolute atomic E-state index is 12.2. The summed E-state index contributed by atoms with van der Waals surface area (Å²) in [6.45, 7) is 0. The summed E-state index contributed by atoms with van der Waals surface area (Å²) in [6, 6.07) is 16.6. The Morgan fingerprint density at radius 3 is 2.53 bits per heavy atom. The molecule has 1 aromatic heterocycles. The van der Waals surface area contributed by atoms with Crippen molar-refractivity contribution in [2.75, 3.05) is 5.32 Å². The van der Waals surface area contributed by atoms with E-state index in [4.69, 9.17) is 0 Å². The van der Waals surface area contributed by atoms with Crippen molar-refractivity contribution in [3.05, 3.63) is 82.4 Å². The lowest BCUT2D eigenvalue weighted by Crippen LogP contribution is -2.24. The quantitative estimate of drug-likeness (QED) is 0.163. The summed E-state index contributed by atoms with van der Waals surface area (Å²) in [4.78, 5) is 39.0. The number of hydrogen-bond donors (Lipinski definition) is 3. The molecule has 2 amide bonds. The molecular formula is C21H14N4O5S2. The van der Waals surface area contributed by atoms with Gasteiger partial charge in [0, 0.05) is 35.3 Å². The van der Waals surface area contributed by atoms with Crippen LogP contribution in [0.2, 0.25) is 0 Å². The summed E-state index contributed by atoms with van der Waals surface area (Å²) < 4.78 is 3.34. The number of aromatic hydroxyl groups is 1. The molecule has 0 aliphatic carbocycles. The van der Waals surface area contributed by atoms with E-state index in [2.05, 4.69) is 15.0 Å². The lowest BCUT2D eigenvalue weighted by molar-refractivity contribution is -0.384. The van der Waals surface area contributed by atoms with Crippen LogP contribution in [0, 0.1) is 10.1 Å². The molecule has 0 saturated carbocycles. The number of nitrogens with one attached hydrogen (secondary N) is 2. The first-order chi connectivity index (χ1) is 15.4. The number of carbonyl (C=O) groups excluding carboxylic acids is 2. The van der Waals surface area contributed by atoms with Crippen LogP contribution >= 0.6 is 23.3 Å². The van der Waals surface area contributed by atoms with Gasteiger partial charge in [0.05, 0.1) is 20.7 Å². The SMILES string of the molecule is O=C(NSC(=O)c1ccc([N+](=O)[O-])cc1)Nc1ccc(O)c(-c2nc3ccccc3s2)c1. The maximum Gasteiger partial charge on any atom is 0.329 e. The number of carbonyl (C=O) groups is 2. The molecule has 0 atom stereocenters. The van der Waals surface area contributed by atoms with Gasteiger partial charge >= 0.3 is 6.03 Å². The molecule has 0 radical (unpaired) electrons. The summed E-state index contributed by atoms with van der Waals surface area (Å²) in [5.74, 6) is 0.0257. The number of nitro groups is 1. The summed E-state index contributed by atoms with van der Waals surface area (Å²) >= 11 is 1.96. The predicted octanol–water partition coefficient (Wildman–Crippen LogP) is 5.19. The second-order valence-electron chi connectivity index (χ2n) is 6.47. The van der Waals surface area contributed by atoms with E-state index in [1.807, 2.05) is 24.3 Å². The van der Waals surface area contributed by atoms with Gasteiger partial charge in [-0.05, 0) is 42.5 Å². The zero-order valence-corrected chi connectivity index (χ0v) is 17.8. The second-order valence-corrected chi connectivity index (χ2v) is 8.28. The normalized spacial score (nSPS) is 10.6. The van der Waals surface area contributed by atoms with Gasteiger partial charge in [-0.2, -0.15) is 0 Å². The highest BCUT2D eigenvalue weighted by Crippen LogP contribution is 2.36. The number of aromatic nitrogens is 1. The number of anilines is 1. The fraction of sp³-hybridized carbons (Fsp3) is 0. The van der Waals surface area contributed by atoms with Crippen LogP contribution in [0.3, 0.4) is 0 Å². The van der Waals surface area contributed by atoms with Crippen LogP contribution in [0.4, 0.5) is 16.2 Å². The number of phenolic OH excluding ortho intramolecular Hbond substituents is 1. The standard InChI is InChI=1S/C21H14N4O5S2/c26-17-10-7-13(11-15(17)19-23-16-3-1-2-4-18(16)31-19)22-21(28)24-32-20(27)12-5-8-14(9-6-12)25(29)30/h1-11,26H,(H2,22,24,28). The minimum atomic E-state index is -0.647. The summed E-state index contributed by atoms with van der Waals surface area (Å²) in [5, 5.41) is 23.7. The Morgan fingerprint density at radius 2 is 1.81 bits per heavy atom. The van der Waals surface area contributed by atoms with Gasteiger partial charge < -0.3 is 10.4 Å². The highest BCUT2D eigenvalue weighted by molar-refractivity contribution is 8.12. The number of hydrogen-bond acceptors (Lipinski definition) is 8. The van der Waals surface area contributed by atoms with Gasteiger partial charge in [0.25, 0.3) is 5.69 Å². The monoisotopic (exact) mass is 466 g/mol. The van der Waals surface area contributed by atoms with E-state index in [0.717, 1.165) is 10.2 Å². The van der Waals surface area contributed by atoms with E-state index in [1.54, 1.807) is 6.07 Å². The van der Waals surface area contributed by atoms with Gasteiger partial charge in [0.15, 0.2) is 0 Å². The van der Waals surface area contributed by atoms with E-state index in [1.165, 1.54) is 47.7 Å². The molecule has 9 nitrogen and oxygen atoms in total. The third kappa shape index (κ3) is 4.68. The zero-order valence-electron chi connectivity index (χ0n) is 16.1. The Kier molecular flexibility index (Phi) is 6.01. The molecule has 0 bridgehead atoms. The van der Waals surface area contributed by atoms with Crippen LogP contribution in [0.25, 0.3) is 20.8 Å². The number of urea groups is 1. The number of para-hydroxylation sites is 1. The average molecular weight is 467 g/mol. The molecule has 0 aliphatic rings. The molecule has 0 aliphatic heterocycles. The number of thiazole rings is 1. The Hall–Kier alpha value is -3.96. The summed E-state index contributed by atoms with van der Waals surface area (Å²) in [6.07, 6.45) is 0. The van der Waals surface area contributed by atoms with E-state index >= 15 is 0 Å². The minimum absolute atomic E-state index is 0.0257. The molecule has 0 spiro atoms. The van der Waals surface area contributed by atoms with Crippen molar-refractivity contribution in [3.63, 3.8) is 0 Å². The number of nitrogens with zero attached hydrogens (tertiary/aromatic N) is 2. The fourth-order valence-corrected chi connectivity index (χ4v) is 4.28. The van der Waals surface area contributed by atoms with Gasteiger partial charge in [0.1, 0.15) is 10.8 Å². The maximum atomic E-state index is 12.2. The lowest BCUT2D eigenvalue weighted by atomic mass is 10.2. The number of benzene rings is 3. The first kappa shape index (κ1) is 21.3. The Morgan fingerprint density at radius 1 is 1.06 bits per heavy atom. The smallest absolute Gasteiger partial charge is 0.329 e. The molecule has 0 saturated heterocycles.